The van der Waals surface area contributed by atoms with E-state index in [-0.39, 0.29) is 0 Å². The molecule has 0 amide bonds. The van der Waals surface area contributed by atoms with Gasteiger partial charge < -0.3 is 4.74 Å². The molecule has 0 heterocycles. The number of para-hydroxylation sites is 1. The van der Waals surface area contributed by atoms with Gasteiger partial charge in [0, 0.05) is 0 Å². The molecule has 0 N–H and O–H groups in total. The number of benzene rings is 2. The maximum atomic E-state index is 5.83. The lowest BCUT2D eigenvalue weighted by molar-refractivity contribution is 0.477. The molecule has 0 aliphatic carbocycles. The third-order valence-electron chi connectivity index (χ3n) is 3.58. The fourth-order valence-electron chi connectivity index (χ4n) is 2.54. The predicted molar refractivity (Wildman–Crippen MR) is 85.4 cm³/mol. The summed E-state index contributed by atoms with van der Waals surface area (Å²) in [6.45, 7) is 6.84. The molecule has 2 rings (SSSR count). The molecule has 0 aliphatic heterocycles. The molecule has 2 aromatic carbocycles. The zero-order chi connectivity index (χ0) is 14.4. The van der Waals surface area contributed by atoms with Crippen LogP contribution < -0.4 is 4.74 Å². The Labute approximate surface area is 122 Å². The van der Waals surface area contributed by atoms with Crippen molar-refractivity contribution in [3.63, 3.8) is 0 Å². The van der Waals surface area contributed by atoms with Crippen molar-refractivity contribution in [3.8, 4) is 11.5 Å². The quantitative estimate of drug-likeness (QED) is 0.622. The molecular weight excluding hydrogens is 244 g/mol. The van der Waals surface area contributed by atoms with Crippen molar-refractivity contribution in [2.24, 2.45) is 5.92 Å². The van der Waals surface area contributed by atoms with Crippen LogP contribution in [0.15, 0.2) is 54.6 Å². The van der Waals surface area contributed by atoms with Gasteiger partial charge in [0.2, 0.25) is 0 Å². The van der Waals surface area contributed by atoms with Crippen LogP contribution in [0.4, 0.5) is 0 Å². The fourth-order valence-corrected chi connectivity index (χ4v) is 2.54. The predicted octanol–water partition coefficient (Wildman–Crippen LogP) is 6.02. The molecule has 1 nitrogen and oxygen atoms in total. The van der Waals surface area contributed by atoms with Crippen LogP contribution in [-0.4, -0.2) is 0 Å². The Morgan fingerprint density at radius 1 is 0.850 bits per heavy atom. The third kappa shape index (κ3) is 4.12. The molecule has 0 fully saturated rings. The number of hydrogen-bond acceptors (Lipinski definition) is 1. The van der Waals surface area contributed by atoms with Crippen LogP contribution in [0.25, 0.3) is 0 Å². The van der Waals surface area contributed by atoms with Crippen LogP contribution in [0, 0.1) is 5.92 Å². The molecule has 1 atom stereocenters. The lowest BCUT2D eigenvalue weighted by Crippen LogP contribution is -2.01. The number of ether oxygens (including phenoxy) is 1. The zero-order valence-electron chi connectivity index (χ0n) is 12.7. The molecule has 2 aromatic rings. The van der Waals surface area contributed by atoms with Crippen LogP contribution >= 0.6 is 0 Å². The standard InChI is InChI=1S/C19H24O/c1-4-16(14-15(2)3)17-10-12-19(13-11-17)20-18-8-6-5-7-9-18/h5-13,15-16H,4,14H2,1-3H3. The smallest absolute Gasteiger partial charge is 0.127 e. The van der Waals surface area contributed by atoms with E-state index >= 15 is 0 Å². The van der Waals surface area contributed by atoms with Gasteiger partial charge in [-0.3, -0.25) is 0 Å². The minimum absolute atomic E-state index is 0.653. The Balaban J connectivity index is 2.05. The van der Waals surface area contributed by atoms with E-state index in [1.807, 2.05) is 30.3 Å². The van der Waals surface area contributed by atoms with Crippen molar-refractivity contribution in [1.29, 1.82) is 0 Å². The van der Waals surface area contributed by atoms with E-state index in [1.54, 1.807) is 0 Å². The number of hydrogen-bond donors (Lipinski definition) is 0. The first-order valence-electron chi connectivity index (χ1n) is 7.52. The maximum absolute atomic E-state index is 5.83. The van der Waals surface area contributed by atoms with Gasteiger partial charge in [-0.25, -0.2) is 0 Å². The molecule has 0 saturated heterocycles. The summed E-state index contributed by atoms with van der Waals surface area (Å²) in [6.07, 6.45) is 2.44. The van der Waals surface area contributed by atoms with E-state index in [4.69, 9.17) is 4.74 Å². The second kappa shape index (κ2) is 7.14. The molecular formula is C19H24O. The first-order chi connectivity index (χ1) is 9.69. The van der Waals surface area contributed by atoms with E-state index in [0.717, 1.165) is 17.4 Å². The third-order valence-corrected chi connectivity index (χ3v) is 3.58. The lowest BCUT2D eigenvalue weighted by Gasteiger charge is -2.18. The summed E-state index contributed by atoms with van der Waals surface area (Å²) in [5.41, 5.74) is 1.42. The number of rotatable bonds is 6. The van der Waals surface area contributed by atoms with Gasteiger partial charge in [-0.1, -0.05) is 51.1 Å². The summed E-state index contributed by atoms with van der Waals surface area (Å²) in [6, 6.07) is 18.5. The highest BCUT2D eigenvalue weighted by Gasteiger charge is 2.11. The van der Waals surface area contributed by atoms with Crippen molar-refractivity contribution >= 4 is 0 Å². The highest BCUT2D eigenvalue weighted by molar-refractivity contribution is 5.34. The zero-order valence-corrected chi connectivity index (χ0v) is 12.7. The van der Waals surface area contributed by atoms with Gasteiger partial charge in [-0.05, 0) is 54.5 Å². The Bertz CT molecular complexity index is 499. The average Bonchev–Trinajstić information content (AvgIpc) is 2.46. The van der Waals surface area contributed by atoms with Crippen LogP contribution in [0.2, 0.25) is 0 Å². The largest absolute Gasteiger partial charge is 0.457 e. The first-order valence-corrected chi connectivity index (χ1v) is 7.52. The van der Waals surface area contributed by atoms with Crippen LogP contribution in [0.3, 0.4) is 0 Å². The van der Waals surface area contributed by atoms with Gasteiger partial charge in [0.1, 0.15) is 11.5 Å². The minimum Gasteiger partial charge on any atom is -0.457 e. The first kappa shape index (κ1) is 14.6. The molecule has 20 heavy (non-hydrogen) atoms. The Kier molecular flexibility index (Phi) is 5.23. The van der Waals surface area contributed by atoms with Gasteiger partial charge in [0.15, 0.2) is 0 Å². The highest BCUT2D eigenvalue weighted by Crippen LogP contribution is 2.29. The molecule has 1 heteroatoms. The van der Waals surface area contributed by atoms with Gasteiger partial charge in [0.05, 0.1) is 0 Å². The van der Waals surface area contributed by atoms with E-state index in [2.05, 4.69) is 45.0 Å². The topological polar surface area (TPSA) is 9.23 Å². The van der Waals surface area contributed by atoms with E-state index in [0.29, 0.717) is 5.92 Å². The van der Waals surface area contributed by atoms with Crippen LogP contribution in [0.5, 0.6) is 11.5 Å². The van der Waals surface area contributed by atoms with Gasteiger partial charge in [-0.2, -0.15) is 0 Å². The van der Waals surface area contributed by atoms with Crippen molar-refractivity contribution < 1.29 is 4.74 Å². The molecule has 0 aromatic heterocycles. The average molecular weight is 268 g/mol. The van der Waals surface area contributed by atoms with Gasteiger partial charge >= 0.3 is 0 Å². The highest BCUT2D eigenvalue weighted by atomic mass is 16.5. The van der Waals surface area contributed by atoms with Gasteiger partial charge in [0.25, 0.3) is 0 Å². The van der Waals surface area contributed by atoms with Crippen molar-refractivity contribution in [2.75, 3.05) is 0 Å². The summed E-state index contributed by atoms with van der Waals surface area (Å²) in [4.78, 5) is 0. The van der Waals surface area contributed by atoms with E-state index in [9.17, 15) is 0 Å². The summed E-state index contributed by atoms with van der Waals surface area (Å²) < 4.78 is 5.83. The summed E-state index contributed by atoms with van der Waals surface area (Å²) >= 11 is 0. The van der Waals surface area contributed by atoms with E-state index < -0.39 is 0 Å². The second-order valence-corrected chi connectivity index (χ2v) is 5.72. The second-order valence-electron chi connectivity index (χ2n) is 5.72. The fraction of sp³-hybridized carbons (Fsp3) is 0.368. The Morgan fingerprint density at radius 3 is 2.00 bits per heavy atom. The van der Waals surface area contributed by atoms with Crippen molar-refractivity contribution in [1.82, 2.24) is 0 Å². The Hall–Kier alpha value is -1.76. The normalized spacial score (nSPS) is 12.4. The maximum Gasteiger partial charge on any atom is 0.127 e. The summed E-state index contributed by atoms with van der Waals surface area (Å²) in [7, 11) is 0. The minimum atomic E-state index is 0.653. The Morgan fingerprint density at radius 2 is 1.45 bits per heavy atom. The van der Waals surface area contributed by atoms with Crippen molar-refractivity contribution in [3.05, 3.63) is 60.2 Å². The van der Waals surface area contributed by atoms with Crippen molar-refractivity contribution in [2.45, 2.75) is 39.5 Å². The summed E-state index contributed by atoms with van der Waals surface area (Å²) in [5, 5.41) is 0. The molecule has 106 valence electrons. The monoisotopic (exact) mass is 268 g/mol. The summed E-state index contributed by atoms with van der Waals surface area (Å²) in [5.74, 6) is 3.18. The molecule has 0 aliphatic rings. The van der Waals surface area contributed by atoms with Crippen LogP contribution in [0.1, 0.15) is 45.1 Å². The SMILES string of the molecule is CCC(CC(C)C)c1ccc(Oc2ccccc2)cc1. The van der Waals surface area contributed by atoms with Gasteiger partial charge in [-0.15, -0.1) is 0 Å². The molecule has 0 saturated carbocycles. The molecule has 0 spiro atoms. The molecule has 0 bridgehead atoms. The molecule has 1 unspecified atom stereocenters. The van der Waals surface area contributed by atoms with Crippen LogP contribution in [-0.2, 0) is 0 Å². The lowest BCUT2D eigenvalue weighted by atomic mass is 9.88. The van der Waals surface area contributed by atoms with E-state index in [1.165, 1.54) is 18.4 Å². The molecule has 0 radical (unpaired) electrons.